The second-order valence-electron chi connectivity index (χ2n) is 6.89. The number of hydrogen-bond acceptors (Lipinski definition) is 3. The number of para-hydroxylation sites is 2. The first kappa shape index (κ1) is 18.5. The molecule has 144 valence electrons. The van der Waals surface area contributed by atoms with Gasteiger partial charge in [-0.25, -0.2) is 0 Å². The molecule has 5 nitrogen and oxygen atoms in total. The van der Waals surface area contributed by atoms with Gasteiger partial charge in [0.05, 0.1) is 5.52 Å². The van der Waals surface area contributed by atoms with Crippen LogP contribution in [0, 0.1) is 6.92 Å². The monoisotopic (exact) mass is 383 g/mol. The fraction of sp³-hybridized carbons (Fsp3) is 0.0833. The molecule has 0 unspecified atom stereocenters. The van der Waals surface area contributed by atoms with E-state index < -0.39 is 0 Å². The highest BCUT2D eigenvalue weighted by atomic mass is 16.2. The number of anilines is 3. The zero-order valence-corrected chi connectivity index (χ0v) is 16.1. The van der Waals surface area contributed by atoms with Gasteiger partial charge in [-0.15, -0.1) is 0 Å². The third-order valence-electron chi connectivity index (χ3n) is 4.76. The van der Waals surface area contributed by atoms with Crippen LogP contribution in [0.2, 0.25) is 0 Å². The number of benzene rings is 3. The van der Waals surface area contributed by atoms with E-state index >= 15 is 0 Å². The predicted octanol–water partition coefficient (Wildman–Crippen LogP) is 4.69. The lowest BCUT2D eigenvalue weighted by molar-refractivity contribution is -0.116. The van der Waals surface area contributed by atoms with Crippen molar-refractivity contribution in [3.05, 3.63) is 101 Å². The van der Waals surface area contributed by atoms with E-state index in [1.807, 2.05) is 85.8 Å². The largest absolute Gasteiger partial charge is 0.356 e. The summed E-state index contributed by atoms with van der Waals surface area (Å²) in [6, 6.07) is 26.5. The van der Waals surface area contributed by atoms with Gasteiger partial charge in [0.15, 0.2) is 0 Å². The summed E-state index contributed by atoms with van der Waals surface area (Å²) in [6.07, 6.45) is 0. The van der Waals surface area contributed by atoms with Crippen LogP contribution in [0.3, 0.4) is 0 Å². The molecule has 0 aliphatic rings. The smallest absolute Gasteiger partial charge is 0.251 e. The summed E-state index contributed by atoms with van der Waals surface area (Å²) in [5, 5.41) is 7.13. The topological polar surface area (TPSA) is 63.1 Å². The number of pyridine rings is 1. The molecule has 0 saturated carbocycles. The van der Waals surface area contributed by atoms with E-state index in [0.29, 0.717) is 5.69 Å². The summed E-state index contributed by atoms with van der Waals surface area (Å²) < 4.78 is 1.50. The Balaban J connectivity index is 1.48. The summed E-state index contributed by atoms with van der Waals surface area (Å²) in [5.41, 5.74) is 4.08. The second-order valence-corrected chi connectivity index (χ2v) is 6.89. The van der Waals surface area contributed by atoms with Crippen molar-refractivity contribution in [1.29, 1.82) is 0 Å². The summed E-state index contributed by atoms with van der Waals surface area (Å²) in [7, 11) is 0. The number of carbonyl (C=O) groups excluding carboxylic acids is 1. The van der Waals surface area contributed by atoms with Crippen molar-refractivity contribution in [2.24, 2.45) is 0 Å². The molecule has 5 heteroatoms. The minimum absolute atomic E-state index is 0.0381. The molecular weight excluding hydrogens is 362 g/mol. The number of rotatable bonds is 5. The number of aromatic nitrogens is 1. The van der Waals surface area contributed by atoms with E-state index in [-0.39, 0.29) is 18.0 Å². The van der Waals surface area contributed by atoms with Crippen LogP contribution >= 0.6 is 0 Å². The van der Waals surface area contributed by atoms with E-state index in [0.717, 1.165) is 27.8 Å². The average molecular weight is 383 g/mol. The normalized spacial score (nSPS) is 10.7. The predicted molar refractivity (Wildman–Crippen MR) is 118 cm³/mol. The number of amides is 1. The maximum absolute atomic E-state index is 12.6. The molecule has 29 heavy (non-hydrogen) atoms. The minimum Gasteiger partial charge on any atom is -0.356 e. The van der Waals surface area contributed by atoms with Gasteiger partial charge in [-0.1, -0.05) is 36.4 Å². The third kappa shape index (κ3) is 4.19. The first-order valence-corrected chi connectivity index (χ1v) is 9.41. The minimum atomic E-state index is -0.245. The van der Waals surface area contributed by atoms with Crippen molar-refractivity contribution >= 4 is 33.9 Å². The van der Waals surface area contributed by atoms with Crippen molar-refractivity contribution < 1.29 is 4.79 Å². The Hall–Kier alpha value is -3.86. The molecule has 2 N–H and O–H groups in total. The fourth-order valence-electron chi connectivity index (χ4n) is 3.33. The van der Waals surface area contributed by atoms with Gasteiger partial charge in [0.25, 0.3) is 5.56 Å². The van der Waals surface area contributed by atoms with Crippen LogP contribution in [0.5, 0.6) is 0 Å². The summed E-state index contributed by atoms with van der Waals surface area (Å²) in [6.45, 7) is 1.86. The fourth-order valence-corrected chi connectivity index (χ4v) is 3.33. The molecule has 4 aromatic rings. The molecule has 1 aromatic heterocycles. The zero-order valence-electron chi connectivity index (χ0n) is 16.1. The maximum Gasteiger partial charge on any atom is 0.251 e. The van der Waals surface area contributed by atoms with Crippen LogP contribution in [0.1, 0.15) is 5.56 Å². The molecule has 0 bridgehead atoms. The van der Waals surface area contributed by atoms with Crippen LogP contribution in [0.25, 0.3) is 10.9 Å². The summed E-state index contributed by atoms with van der Waals surface area (Å²) in [4.78, 5) is 25.0. The first-order valence-electron chi connectivity index (χ1n) is 9.41. The number of hydrogen-bond donors (Lipinski definition) is 2. The van der Waals surface area contributed by atoms with Crippen LogP contribution < -0.4 is 16.2 Å². The molecular formula is C24H21N3O2. The van der Waals surface area contributed by atoms with Gasteiger partial charge < -0.3 is 10.6 Å². The molecule has 0 aliphatic heterocycles. The Labute approximate surface area is 168 Å². The summed E-state index contributed by atoms with van der Waals surface area (Å²) >= 11 is 0. The van der Waals surface area contributed by atoms with Crippen LogP contribution in [0.4, 0.5) is 17.1 Å². The Morgan fingerprint density at radius 2 is 1.45 bits per heavy atom. The Kier molecular flexibility index (Phi) is 5.12. The number of carbonyl (C=O) groups is 1. The van der Waals surface area contributed by atoms with Crippen molar-refractivity contribution in [3.63, 3.8) is 0 Å². The highest BCUT2D eigenvalue weighted by Crippen LogP contribution is 2.19. The standard InChI is InChI=1S/C24H21N3O2/c1-17-15-24(29)27(22-10-6-5-9-21(17)22)16-23(28)26-20-13-11-19(12-14-20)25-18-7-3-2-4-8-18/h2-15,25H,16H2,1H3,(H,26,28). The lowest BCUT2D eigenvalue weighted by atomic mass is 10.1. The average Bonchev–Trinajstić information content (AvgIpc) is 2.73. The molecule has 0 aliphatic carbocycles. The number of aryl methyl sites for hydroxylation is 1. The Morgan fingerprint density at radius 1 is 0.828 bits per heavy atom. The van der Waals surface area contributed by atoms with E-state index in [1.54, 1.807) is 6.07 Å². The van der Waals surface area contributed by atoms with Crippen LogP contribution in [0.15, 0.2) is 89.7 Å². The molecule has 1 heterocycles. The first-order chi connectivity index (χ1) is 14.1. The van der Waals surface area contributed by atoms with Crippen LogP contribution in [-0.4, -0.2) is 10.5 Å². The molecule has 3 aromatic carbocycles. The van der Waals surface area contributed by atoms with Gasteiger partial charge >= 0.3 is 0 Å². The Morgan fingerprint density at radius 3 is 2.21 bits per heavy atom. The van der Waals surface area contributed by atoms with E-state index in [4.69, 9.17) is 0 Å². The number of fused-ring (bicyclic) bond motifs is 1. The lowest BCUT2D eigenvalue weighted by Gasteiger charge is -2.12. The van der Waals surface area contributed by atoms with Crippen molar-refractivity contribution in [2.45, 2.75) is 13.5 Å². The maximum atomic E-state index is 12.6. The Bertz CT molecular complexity index is 1210. The molecule has 0 saturated heterocycles. The third-order valence-corrected chi connectivity index (χ3v) is 4.76. The van der Waals surface area contributed by atoms with Gasteiger partial charge in [0, 0.05) is 28.5 Å². The van der Waals surface area contributed by atoms with Gasteiger partial charge in [-0.2, -0.15) is 0 Å². The second kappa shape index (κ2) is 8.02. The van der Waals surface area contributed by atoms with Gasteiger partial charge in [0.2, 0.25) is 5.91 Å². The molecule has 4 rings (SSSR count). The van der Waals surface area contributed by atoms with E-state index in [9.17, 15) is 9.59 Å². The highest BCUT2D eigenvalue weighted by molar-refractivity contribution is 5.92. The molecule has 0 atom stereocenters. The van der Waals surface area contributed by atoms with Gasteiger partial charge in [0.1, 0.15) is 6.54 Å². The van der Waals surface area contributed by atoms with Gasteiger partial charge in [-0.05, 0) is 55.0 Å². The lowest BCUT2D eigenvalue weighted by Crippen LogP contribution is -2.27. The van der Waals surface area contributed by atoms with E-state index in [1.165, 1.54) is 4.57 Å². The highest BCUT2D eigenvalue weighted by Gasteiger charge is 2.10. The molecule has 1 amide bonds. The quantitative estimate of drug-likeness (QED) is 0.525. The molecule has 0 radical (unpaired) electrons. The number of nitrogens with zero attached hydrogens (tertiary/aromatic N) is 1. The summed E-state index contributed by atoms with van der Waals surface area (Å²) in [5.74, 6) is -0.245. The SMILES string of the molecule is Cc1cc(=O)n(CC(=O)Nc2ccc(Nc3ccccc3)cc2)c2ccccc12. The van der Waals surface area contributed by atoms with E-state index in [2.05, 4.69) is 10.6 Å². The van der Waals surface area contributed by atoms with Gasteiger partial charge in [-0.3, -0.25) is 14.2 Å². The van der Waals surface area contributed by atoms with Crippen LogP contribution in [-0.2, 0) is 11.3 Å². The van der Waals surface area contributed by atoms with Crippen molar-refractivity contribution in [1.82, 2.24) is 4.57 Å². The molecule has 0 spiro atoms. The zero-order chi connectivity index (χ0) is 20.2. The molecule has 0 fully saturated rings. The number of nitrogens with one attached hydrogen (secondary N) is 2. The van der Waals surface area contributed by atoms with Crippen molar-refractivity contribution in [3.8, 4) is 0 Å². The van der Waals surface area contributed by atoms with Crippen molar-refractivity contribution in [2.75, 3.05) is 10.6 Å².